The summed E-state index contributed by atoms with van der Waals surface area (Å²) in [6.45, 7) is 0.00140. The molecule has 10 heteroatoms. The molecule has 0 aliphatic carbocycles. The fourth-order valence-electron chi connectivity index (χ4n) is 4.50. The first-order chi connectivity index (χ1) is 21.2. The monoisotopic (exact) mass is 597 g/mol. The van der Waals surface area contributed by atoms with Gasteiger partial charge in [-0.25, -0.2) is 4.79 Å². The molecule has 0 aliphatic heterocycles. The van der Waals surface area contributed by atoms with E-state index in [0.717, 1.165) is 11.1 Å². The van der Waals surface area contributed by atoms with Crippen molar-refractivity contribution in [2.24, 2.45) is 5.73 Å². The van der Waals surface area contributed by atoms with Gasteiger partial charge in [0.1, 0.15) is 35.9 Å². The highest BCUT2D eigenvalue weighted by Gasteiger charge is 2.29. The average molecular weight is 598 g/mol. The first kappa shape index (κ1) is 31.6. The minimum absolute atomic E-state index is 0.00140. The number of phenolic OH excluding ortho intramolecular Hbond substituents is 3. The summed E-state index contributed by atoms with van der Waals surface area (Å²) in [4.78, 5) is 40.1. The zero-order chi connectivity index (χ0) is 31.5. The third-order valence-corrected chi connectivity index (χ3v) is 6.94. The van der Waals surface area contributed by atoms with Crippen molar-refractivity contribution in [1.29, 1.82) is 0 Å². The normalized spacial score (nSPS) is 12.8. The molecule has 10 nitrogen and oxygen atoms in total. The Bertz CT molecular complexity index is 1530. The van der Waals surface area contributed by atoms with Crippen LogP contribution in [0.3, 0.4) is 0 Å². The highest BCUT2D eigenvalue weighted by Crippen LogP contribution is 2.15. The lowest BCUT2D eigenvalue weighted by Crippen LogP contribution is -2.56. The average Bonchev–Trinajstić information content (AvgIpc) is 3.02. The zero-order valence-corrected chi connectivity index (χ0v) is 23.9. The van der Waals surface area contributed by atoms with E-state index in [-0.39, 0.29) is 43.1 Å². The van der Waals surface area contributed by atoms with Gasteiger partial charge in [-0.3, -0.25) is 9.59 Å². The predicted molar refractivity (Wildman–Crippen MR) is 164 cm³/mol. The number of aromatic hydroxyl groups is 3. The number of amides is 2. The highest BCUT2D eigenvalue weighted by molar-refractivity contribution is 5.92. The second-order valence-electron chi connectivity index (χ2n) is 10.4. The number of nitrogens with two attached hydrogens (primary N) is 1. The van der Waals surface area contributed by atoms with E-state index < -0.39 is 35.9 Å². The van der Waals surface area contributed by atoms with Crippen molar-refractivity contribution in [3.63, 3.8) is 0 Å². The Hall–Kier alpha value is -5.35. The smallest absolute Gasteiger partial charge is 0.329 e. The standard InChI is InChI=1S/C34H35N3O7/c35-29(18-22-6-12-26(38)13-7-22)32(41)36-30(19-23-8-14-27(39)15-9-23)33(42)37-31(20-24-10-16-28(40)17-11-24)34(43)44-21-25-4-2-1-3-5-25/h1-17,29-31,38-40H,18-21,35H2,(H,36,41)(H,37,42). The van der Waals surface area contributed by atoms with Gasteiger partial charge in [0.25, 0.3) is 0 Å². The Morgan fingerprint density at radius 2 is 1.00 bits per heavy atom. The molecule has 4 aromatic rings. The molecule has 7 N–H and O–H groups in total. The minimum atomic E-state index is -1.12. The minimum Gasteiger partial charge on any atom is -0.508 e. The molecule has 3 atom stereocenters. The summed E-state index contributed by atoms with van der Waals surface area (Å²) in [6.07, 6.45) is 0.281. The summed E-state index contributed by atoms with van der Waals surface area (Å²) >= 11 is 0. The van der Waals surface area contributed by atoms with Crippen LogP contribution in [-0.2, 0) is 45.0 Å². The number of rotatable bonds is 13. The number of benzene rings is 4. The first-order valence-corrected chi connectivity index (χ1v) is 14.1. The Kier molecular flexibility index (Phi) is 10.9. The van der Waals surface area contributed by atoms with Crippen molar-refractivity contribution in [2.75, 3.05) is 0 Å². The largest absolute Gasteiger partial charge is 0.508 e. The number of hydrogen-bond donors (Lipinski definition) is 6. The molecule has 2 amide bonds. The molecule has 0 heterocycles. The van der Waals surface area contributed by atoms with Crippen molar-refractivity contribution in [3.05, 3.63) is 125 Å². The number of ether oxygens (including phenoxy) is 1. The molecule has 0 aromatic heterocycles. The maximum Gasteiger partial charge on any atom is 0.329 e. The number of hydrogen-bond acceptors (Lipinski definition) is 8. The van der Waals surface area contributed by atoms with E-state index in [2.05, 4.69) is 10.6 Å². The molecule has 0 bridgehead atoms. The predicted octanol–water partition coefficient (Wildman–Crippen LogP) is 2.87. The van der Waals surface area contributed by atoms with Crippen LogP contribution in [0.4, 0.5) is 0 Å². The first-order valence-electron chi connectivity index (χ1n) is 14.1. The van der Waals surface area contributed by atoms with E-state index in [9.17, 15) is 29.7 Å². The molecule has 4 rings (SSSR count). The number of esters is 1. The summed E-state index contributed by atoms with van der Waals surface area (Å²) in [7, 11) is 0. The van der Waals surface area contributed by atoms with E-state index in [1.165, 1.54) is 36.4 Å². The number of carbonyl (C=O) groups excluding carboxylic acids is 3. The van der Waals surface area contributed by atoms with Gasteiger partial charge >= 0.3 is 5.97 Å². The summed E-state index contributed by atoms with van der Waals surface area (Å²) in [6, 6.07) is 24.6. The number of carbonyl (C=O) groups is 3. The molecular weight excluding hydrogens is 562 g/mol. The van der Waals surface area contributed by atoms with Crippen molar-refractivity contribution < 1.29 is 34.4 Å². The van der Waals surface area contributed by atoms with E-state index >= 15 is 0 Å². The van der Waals surface area contributed by atoms with Gasteiger partial charge in [0.2, 0.25) is 11.8 Å². The molecule has 0 spiro atoms. The summed E-state index contributed by atoms with van der Waals surface area (Å²) in [5, 5.41) is 34.4. The van der Waals surface area contributed by atoms with Crippen LogP contribution in [0.1, 0.15) is 22.3 Å². The van der Waals surface area contributed by atoms with Crippen LogP contribution in [0.25, 0.3) is 0 Å². The molecule has 44 heavy (non-hydrogen) atoms. The van der Waals surface area contributed by atoms with Crippen LogP contribution in [0.2, 0.25) is 0 Å². The lowest BCUT2D eigenvalue weighted by atomic mass is 10.0. The van der Waals surface area contributed by atoms with Gasteiger partial charge in [-0.05, 0) is 65.1 Å². The van der Waals surface area contributed by atoms with E-state index in [1.54, 1.807) is 36.4 Å². The van der Waals surface area contributed by atoms with Crippen LogP contribution >= 0.6 is 0 Å². The third-order valence-electron chi connectivity index (χ3n) is 6.94. The van der Waals surface area contributed by atoms with Gasteiger partial charge in [0.05, 0.1) is 6.04 Å². The number of nitrogens with one attached hydrogen (secondary N) is 2. The SMILES string of the molecule is NC(Cc1ccc(O)cc1)C(=O)NC(Cc1ccc(O)cc1)C(=O)NC(Cc1ccc(O)cc1)C(=O)OCc1ccccc1. The zero-order valence-electron chi connectivity index (χ0n) is 23.9. The molecular formula is C34H35N3O7. The van der Waals surface area contributed by atoms with Crippen molar-refractivity contribution >= 4 is 17.8 Å². The topological polar surface area (TPSA) is 171 Å². The van der Waals surface area contributed by atoms with Crippen molar-refractivity contribution in [1.82, 2.24) is 10.6 Å². The Balaban J connectivity index is 1.52. The maximum absolute atomic E-state index is 13.7. The third kappa shape index (κ3) is 9.60. The molecule has 0 radical (unpaired) electrons. The van der Waals surface area contributed by atoms with Crippen LogP contribution < -0.4 is 16.4 Å². The molecule has 3 unspecified atom stereocenters. The van der Waals surface area contributed by atoms with Gasteiger partial charge in [-0.15, -0.1) is 0 Å². The van der Waals surface area contributed by atoms with E-state index in [4.69, 9.17) is 10.5 Å². The lowest BCUT2D eigenvalue weighted by Gasteiger charge is -2.24. The highest BCUT2D eigenvalue weighted by atomic mass is 16.5. The lowest BCUT2D eigenvalue weighted by molar-refractivity contribution is -0.149. The van der Waals surface area contributed by atoms with Crippen LogP contribution in [0.15, 0.2) is 103 Å². The van der Waals surface area contributed by atoms with Gasteiger partial charge in [0.15, 0.2) is 0 Å². The van der Waals surface area contributed by atoms with Crippen LogP contribution in [0, 0.1) is 0 Å². The van der Waals surface area contributed by atoms with Gasteiger partial charge < -0.3 is 36.4 Å². The summed E-state index contributed by atoms with van der Waals surface area (Å²) in [5.41, 5.74) is 8.99. The maximum atomic E-state index is 13.7. The Labute approximate surface area is 255 Å². The molecule has 0 saturated carbocycles. The van der Waals surface area contributed by atoms with E-state index in [1.807, 2.05) is 30.3 Å². The number of phenols is 3. The Morgan fingerprint density at radius 3 is 1.50 bits per heavy atom. The van der Waals surface area contributed by atoms with Crippen LogP contribution in [0.5, 0.6) is 17.2 Å². The molecule has 228 valence electrons. The quantitative estimate of drug-likeness (QED) is 0.128. The fourth-order valence-corrected chi connectivity index (χ4v) is 4.50. The molecule has 0 fully saturated rings. The van der Waals surface area contributed by atoms with Crippen LogP contribution in [-0.4, -0.2) is 51.2 Å². The van der Waals surface area contributed by atoms with Crippen molar-refractivity contribution in [3.8, 4) is 17.2 Å². The van der Waals surface area contributed by atoms with Gasteiger partial charge in [0, 0.05) is 12.8 Å². The summed E-state index contributed by atoms with van der Waals surface area (Å²) < 4.78 is 5.54. The Morgan fingerprint density at radius 1 is 0.568 bits per heavy atom. The van der Waals surface area contributed by atoms with Gasteiger partial charge in [-0.2, -0.15) is 0 Å². The van der Waals surface area contributed by atoms with Crippen molar-refractivity contribution in [2.45, 2.75) is 44.0 Å². The second-order valence-corrected chi connectivity index (χ2v) is 10.4. The fraction of sp³-hybridized carbons (Fsp3) is 0.206. The molecule has 0 saturated heterocycles. The van der Waals surface area contributed by atoms with Gasteiger partial charge in [-0.1, -0.05) is 66.7 Å². The summed E-state index contributed by atoms with van der Waals surface area (Å²) in [5.74, 6) is -1.70. The van der Waals surface area contributed by atoms with E-state index in [0.29, 0.717) is 11.1 Å². The second kappa shape index (κ2) is 15.2. The molecule has 0 aliphatic rings. The molecule has 4 aromatic carbocycles.